The smallest absolute Gasteiger partial charge is 0.268 e. The van der Waals surface area contributed by atoms with Crippen molar-refractivity contribution in [2.45, 2.75) is 12.5 Å². The van der Waals surface area contributed by atoms with E-state index in [0.29, 0.717) is 0 Å². The van der Waals surface area contributed by atoms with Gasteiger partial charge >= 0.3 is 0 Å². The molecule has 0 fully saturated rings. The molecule has 0 radical (unpaired) electrons. The summed E-state index contributed by atoms with van der Waals surface area (Å²) in [6.45, 7) is 0. The molecule has 3 heteroatoms. The molecule has 0 aliphatic heterocycles. The molecule has 2 aromatic carbocycles. The summed E-state index contributed by atoms with van der Waals surface area (Å²) >= 11 is 0. The number of fused-ring (bicyclic) bond motifs is 1. The number of hydrogen-bond acceptors (Lipinski definition) is 1. The van der Waals surface area contributed by atoms with Crippen LogP contribution in [0.15, 0.2) is 42.5 Å². The minimum Gasteiger partial charge on any atom is -0.382 e. The minimum absolute atomic E-state index is 0.253. The molecule has 78 valence electrons. The van der Waals surface area contributed by atoms with Gasteiger partial charge in [0.05, 0.1) is 0 Å². The maximum atomic E-state index is 12.3. The average molecular weight is 208 g/mol. The molecule has 0 bridgehead atoms. The fraction of sp³-hybridized carbons (Fsp3) is 0.167. The van der Waals surface area contributed by atoms with Gasteiger partial charge in [0.2, 0.25) is 0 Å². The molecule has 0 saturated carbocycles. The van der Waals surface area contributed by atoms with Gasteiger partial charge in [-0.25, -0.2) is 8.78 Å². The molecule has 0 heterocycles. The van der Waals surface area contributed by atoms with E-state index in [1.807, 2.05) is 24.3 Å². The van der Waals surface area contributed by atoms with Crippen LogP contribution in [0.2, 0.25) is 0 Å². The van der Waals surface area contributed by atoms with Gasteiger partial charge in [-0.1, -0.05) is 36.4 Å². The van der Waals surface area contributed by atoms with E-state index in [0.717, 1.165) is 10.8 Å². The number of halogens is 2. The first kappa shape index (κ1) is 10.1. The van der Waals surface area contributed by atoms with Crippen LogP contribution in [0.4, 0.5) is 8.78 Å². The highest BCUT2D eigenvalue weighted by atomic mass is 19.3. The van der Waals surface area contributed by atoms with Crippen LogP contribution in [-0.2, 0) is 0 Å². The van der Waals surface area contributed by atoms with Crippen LogP contribution in [0.25, 0.3) is 10.8 Å². The Balaban J connectivity index is 2.47. The van der Waals surface area contributed by atoms with E-state index < -0.39 is 12.5 Å². The van der Waals surface area contributed by atoms with Crippen LogP contribution in [0.1, 0.15) is 11.7 Å². The highest BCUT2D eigenvalue weighted by Crippen LogP contribution is 2.24. The topological polar surface area (TPSA) is 20.2 Å². The third-order valence-electron chi connectivity index (χ3n) is 2.35. The van der Waals surface area contributed by atoms with Gasteiger partial charge in [0.25, 0.3) is 6.43 Å². The largest absolute Gasteiger partial charge is 0.382 e. The third-order valence-corrected chi connectivity index (χ3v) is 2.35. The Labute approximate surface area is 86.0 Å². The lowest BCUT2D eigenvalue weighted by Crippen LogP contribution is -2.07. The van der Waals surface area contributed by atoms with Crippen molar-refractivity contribution >= 4 is 10.8 Å². The van der Waals surface area contributed by atoms with Crippen molar-refractivity contribution in [2.75, 3.05) is 0 Å². The highest BCUT2D eigenvalue weighted by molar-refractivity contribution is 5.83. The lowest BCUT2D eigenvalue weighted by molar-refractivity contribution is -0.00570. The second-order valence-corrected chi connectivity index (χ2v) is 3.39. The Morgan fingerprint density at radius 3 is 2.27 bits per heavy atom. The number of hydrogen-bond donors (Lipinski definition) is 1. The lowest BCUT2D eigenvalue weighted by Gasteiger charge is -2.10. The van der Waals surface area contributed by atoms with Gasteiger partial charge < -0.3 is 5.11 Å². The molecule has 2 rings (SSSR count). The Morgan fingerprint density at radius 1 is 0.933 bits per heavy atom. The third kappa shape index (κ3) is 1.97. The lowest BCUT2D eigenvalue weighted by atomic mass is 10.0. The monoisotopic (exact) mass is 208 g/mol. The number of aliphatic hydroxyl groups is 1. The first-order valence-corrected chi connectivity index (χ1v) is 4.63. The summed E-state index contributed by atoms with van der Waals surface area (Å²) in [7, 11) is 0. The van der Waals surface area contributed by atoms with Crippen molar-refractivity contribution in [3.05, 3.63) is 48.0 Å². The van der Waals surface area contributed by atoms with Gasteiger partial charge in [-0.15, -0.1) is 0 Å². The molecule has 2 aromatic rings. The fourth-order valence-corrected chi connectivity index (χ4v) is 1.54. The predicted octanol–water partition coefficient (Wildman–Crippen LogP) is 3.14. The van der Waals surface area contributed by atoms with E-state index in [4.69, 9.17) is 0 Å². The zero-order valence-corrected chi connectivity index (χ0v) is 7.90. The van der Waals surface area contributed by atoms with Crippen molar-refractivity contribution in [2.24, 2.45) is 0 Å². The summed E-state index contributed by atoms with van der Waals surface area (Å²) in [5.41, 5.74) is 0.253. The van der Waals surface area contributed by atoms with Gasteiger partial charge in [-0.2, -0.15) is 0 Å². The van der Waals surface area contributed by atoms with Crippen molar-refractivity contribution in [3.8, 4) is 0 Å². The molecule has 1 N–H and O–H groups in total. The molecular formula is C12H10F2O. The summed E-state index contributed by atoms with van der Waals surface area (Å²) < 4.78 is 24.5. The van der Waals surface area contributed by atoms with E-state index >= 15 is 0 Å². The molecule has 0 saturated heterocycles. The first-order valence-electron chi connectivity index (χ1n) is 4.63. The fourth-order valence-electron chi connectivity index (χ4n) is 1.54. The molecule has 1 nitrogen and oxygen atoms in total. The minimum atomic E-state index is -2.74. The Hall–Kier alpha value is -1.48. The van der Waals surface area contributed by atoms with Crippen LogP contribution in [0.3, 0.4) is 0 Å². The molecular weight excluding hydrogens is 198 g/mol. The molecule has 1 atom stereocenters. The van der Waals surface area contributed by atoms with Crippen molar-refractivity contribution in [1.82, 2.24) is 0 Å². The number of benzene rings is 2. The van der Waals surface area contributed by atoms with Gasteiger partial charge in [0.1, 0.15) is 6.10 Å². The quantitative estimate of drug-likeness (QED) is 0.803. The van der Waals surface area contributed by atoms with Crippen molar-refractivity contribution in [3.63, 3.8) is 0 Å². The zero-order valence-electron chi connectivity index (χ0n) is 7.90. The van der Waals surface area contributed by atoms with Gasteiger partial charge in [0, 0.05) is 0 Å². The zero-order chi connectivity index (χ0) is 10.8. The number of alkyl halides is 2. The van der Waals surface area contributed by atoms with Crippen molar-refractivity contribution < 1.29 is 13.9 Å². The molecule has 0 aromatic heterocycles. The van der Waals surface area contributed by atoms with E-state index in [9.17, 15) is 13.9 Å². The normalized spacial score (nSPS) is 13.3. The average Bonchev–Trinajstić information content (AvgIpc) is 2.27. The second-order valence-electron chi connectivity index (χ2n) is 3.39. The Kier molecular flexibility index (Phi) is 2.64. The molecule has 0 spiro atoms. The van der Waals surface area contributed by atoms with Crippen LogP contribution < -0.4 is 0 Å². The van der Waals surface area contributed by atoms with Crippen LogP contribution in [0, 0.1) is 0 Å². The Morgan fingerprint density at radius 2 is 1.60 bits per heavy atom. The van der Waals surface area contributed by atoms with E-state index in [-0.39, 0.29) is 5.56 Å². The molecule has 0 aliphatic carbocycles. The van der Waals surface area contributed by atoms with Gasteiger partial charge in [0.15, 0.2) is 0 Å². The Bertz CT molecular complexity index is 468. The SMILES string of the molecule is OC(c1ccc2ccccc2c1)C(F)F. The number of aliphatic hydroxyl groups excluding tert-OH is 1. The van der Waals surface area contributed by atoms with Crippen LogP contribution in [-0.4, -0.2) is 11.5 Å². The van der Waals surface area contributed by atoms with Crippen molar-refractivity contribution in [1.29, 1.82) is 0 Å². The predicted molar refractivity (Wildman–Crippen MR) is 54.9 cm³/mol. The molecule has 1 unspecified atom stereocenters. The standard InChI is InChI=1S/C12H10F2O/c13-12(14)11(15)10-6-5-8-3-1-2-4-9(8)7-10/h1-7,11-12,15H. The van der Waals surface area contributed by atoms with E-state index in [1.165, 1.54) is 6.07 Å². The highest BCUT2D eigenvalue weighted by Gasteiger charge is 2.18. The summed E-state index contributed by atoms with van der Waals surface area (Å²) in [6.07, 6.45) is -4.44. The summed E-state index contributed by atoms with van der Waals surface area (Å²) in [6, 6.07) is 12.3. The molecule has 0 aliphatic rings. The van der Waals surface area contributed by atoms with Gasteiger partial charge in [-0.3, -0.25) is 0 Å². The van der Waals surface area contributed by atoms with E-state index in [2.05, 4.69) is 0 Å². The van der Waals surface area contributed by atoms with Crippen LogP contribution in [0.5, 0.6) is 0 Å². The number of rotatable bonds is 2. The molecule has 15 heavy (non-hydrogen) atoms. The summed E-state index contributed by atoms with van der Waals surface area (Å²) in [4.78, 5) is 0. The first-order chi connectivity index (χ1) is 7.18. The van der Waals surface area contributed by atoms with Gasteiger partial charge in [-0.05, 0) is 22.4 Å². The maximum absolute atomic E-state index is 12.3. The summed E-state index contributed by atoms with van der Waals surface area (Å²) in [5, 5.41) is 11.0. The maximum Gasteiger partial charge on any atom is 0.268 e. The summed E-state index contributed by atoms with van der Waals surface area (Å²) in [5.74, 6) is 0. The van der Waals surface area contributed by atoms with Crippen LogP contribution >= 0.6 is 0 Å². The molecule has 0 amide bonds. The second kappa shape index (κ2) is 3.95. The van der Waals surface area contributed by atoms with E-state index in [1.54, 1.807) is 12.1 Å².